The van der Waals surface area contributed by atoms with E-state index in [-0.39, 0.29) is 5.82 Å². The molecule has 0 radical (unpaired) electrons. The highest BCUT2D eigenvalue weighted by Crippen LogP contribution is 2.23. The number of nitrogens with one attached hydrogen (secondary N) is 2. The van der Waals surface area contributed by atoms with Gasteiger partial charge >= 0.3 is 0 Å². The van der Waals surface area contributed by atoms with Gasteiger partial charge in [-0.15, -0.1) is 11.3 Å². The number of rotatable bonds is 7. The van der Waals surface area contributed by atoms with Gasteiger partial charge in [-0.3, -0.25) is 0 Å². The lowest BCUT2D eigenvalue weighted by molar-refractivity contribution is 0.523. The molecule has 0 bridgehead atoms. The summed E-state index contributed by atoms with van der Waals surface area (Å²) >= 11 is 1.22. The van der Waals surface area contributed by atoms with Gasteiger partial charge in [-0.1, -0.05) is 12.1 Å². The number of sulfonamides is 1. The summed E-state index contributed by atoms with van der Waals surface area (Å²) in [5.74, 6) is 0.297. The molecule has 1 heterocycles. The Morgan fingerprint density at radius 2 is 2.00 bits per heavy atom. The molecule has 2 aromatic rings. The third-order valence-electron chi connectivity index (χ3n) is 3.46. The first kappa shape index (κ1) is 20.3. The molecule has 0 fully saturated rings. The fraction of sp³-hybridized carbons (Fsp3) is 0.353. The van der Waals surface area contributed by atoms with E-state index in [2.05, 4.69) is 15.6 Å². The van der Waals surface area contributed by atoms with Crippen LogP contribution in [0.3, 0.4) is 0 Å². The zero-order chi connectivity index (χ0) is 19.2. The normalized spacial score (nSPS) is 12.4. The molecular formula is C17H23FN4O2S2. The summed E-state index contributed by atoms with van der Waals surface area (Å²) in [4.78, 5) is 5.31. The molecule has 0 saturated carbocycles. The first-order valence-corrected chi connectivity index (χ1v) is 10.4. The first-order chi connectivity index (χ1) is 12.3. The van der Waals surface area contributed by atoms with Crippen molar-refractivity contribution < 1.29 is 12.8 Å². The molecule has 0 aliphatic rings. The number of hydrogen-bond donors (Lipinski definition) is 2. The molecule has 0 unspecified atom stereocenters. The third kappa shape index (κ3) is 5.52. The Bertz CT molecular complexity index is 863. The molecule has 1 aromatic heterocycles. The van der Waals surface area contributed by atoms with Crippen molar-refractivity contribution >= 4 is 27.3 Å². The second kappa shape index (κ2) is 9.11. The lowest BCUT2D eigenvalue weighted by Crippen LogP contribution is -2.36. The highest BCUT2D eigenvalue weighted by molar-refractivity contribution is 7.91. The van der Waals surface area contributed by atoms with Gasteiger partial charge in [0.2, 0.25) is 0 Å². The molecule has 0 atom stereocenters. The van der Waals surface area contributed by atoms with Crippen LogP contribution in [-0.4, -0.2) is 39.3 Å². The topological polar surface area (TPSA) is 73.8 Å². The fourth-order valence-corrected chi connectivity index (χ4v) is 4.55. The number of aliphatic imine (C=N–C) groups is 1. The average molecular weight is 399 g/mol. The Kier molecular flexibility index (Phi) is 7.13. The SMILES string of the molecule is CCNC(=NCc1cccc(F)c1)NCc1ccc(S(=O)(=O)N(C)C)s1. The third-order valence-corrected chi connectivity index (χ3v) is 6.82. The number of guanidine groups is 1. The molecular weight excluding hydrogens is 375 g/mol. The summed E-state index contributed by atoms with van der Waals surface area (Å²) in [5, 5.41) is 6.28. The van der Waals surface area contributed by atoms with E-state index in [1.807, 2.05) is 13.0 Å². The lowest BCUT2D eigenvalue weighted by atomic mass is 10.2. The van der Waals surface area contributed by atoms with Crippen LogP contribution in [0, 0.1) is 5.82 Å². The highest BCUT2D eigenvalue weighted by Gasteiger charge is 2.19. The average Bonchev–Trinajstić information content (AvgIpc) is 3.07. The number of thiophene rings is 1. The van der Waals surface area contributed by atoms with Crippen LogP contribution in [0.2, 0.25) is 0 Å². The first-order valence-electron chi connectivity index (χ1n) is 8.10. The van der Waals surface area contributed by atoms with Crippen LogP contribution in [0.1, 0.15) is 17.4 Å². The summed E-state index contributed by atoms with van der Waals surface area (Å²) in [6.07, 6.45) is 0. The van der Waals surface area contributed by atoms with Gasteiger partial charge in [-0.2, -0.15) is 0 Å². The van der Waals surface area contributed by atoms with Gasteiger partial charge in [0.15, 0.2) is 5.96 Å². The minimum absolute atomic E-state index is 0.288. The Morgan fingerprint density at radius 1 is 1.23 bits per heavy atom. The summed E-state index contributed by atoms with van der Waals surface area (Å²) in [7, 11) is -0.394. The van der Waals surface area contributed by atoms with Crippen LogP contribution < -0.4 is 10.6 Å². The Balaban J connectivity index is 2.02. The van der Waals surface area contributed by atoms with Gasteiger partial charge in [0.25, 0.3) is 10.0 Å². The Hall–Kier alpha value is -1.97. The zero-order valence-corrected chi connectivity index (χ0v) is 16.6. The molecule has 26 heavy (non-hydrogen) atoms. The van der Waals surface area contributed by atoms with Gasteiger partial charge in [-0.25, -0.2) is 22.1 Å². The lowest BCUT2D eigenvalue weighted by Gasteiger charge is -2.11. The van der Waals surface area contributed by atoms with Gasteiger partial charge in [-0.05, 0) is 36.8 Å². The van der Waals surface area contributed by atoms with Crippen LogP contribution in [0.15, 0.2) is 45.6 Å². The predicted molar refractivity (Wildman–Crippen MR) is 103 cm³/mol. The standard InChI is InChI=1S/C17H23FN4O2S2/c1-4-19-17(20-11-13-6-5-7-14(18)10-13)21-12-15-8-9-16(25-15)26(23,24)22(2)3/h5-10H,4,11-12H2,1-3H3,(H2,19,20,21). The molecule has 0 spiro atoms. The molecule has 0 aliphatic heterocycles. The molecule has 9 heteroatoms. The van der Waals surface area contributed by atoms with Gasteiger partial charge in [0.1, 0.15) is 10.0 Å². The summed E-state index contributed by atoms with van der Waals surface area (Å²) in [6.45, 7) is 3.42. The Morgan fingerprint density at radius 3 is 2.65 bits per heavy atom. The van der Waals surface area contributed by atoms with E-state index in [1.54, 1.807) is 18.2 Å². The van der Waals surface area contributed by atoms with E-state index in [1.165, 1.54) is 41.9 Å². The predicted octanol–water partition coefficient (Wildman–Crippen LogP) is 2.39. The van der Waals surface area contributed by atoms with Crippen molar-refractivity contribution in [2.75, 3.05) is 20.6 Å². The Labute approximate surface area is 157 Å². The molecule has 6 nitrogen and oxygen atoms in total. The van der Waals surface area contributed by atoms with Crippen molar-refractivity contribution in [1.82, 2.24) is 14.9 Å². The van der Waals surface area contributed by atoms with Crippen molar-refractivity contribution in [1.29, 1.82) is 0 Å². The summed E-state index contributed by atoms with van der Waals surface area (Å²) in [5.41, 5.74) is 0.776. The molecule has 2 N–H and O–H groups in total. The van der Waals surface area contributed by atoms with Crippen LogP contribution >= 0.6 is 11.3 Å². The fourth-order valence-electron chi connectivity index (χ4n) is 2.09. The maximum absolute atomic E-state index is 13.2. The maximum atomic E-state index is 13.2. The van der Waals surface area contributed by atoms with Crippen LogP contribution in [0.25, 0.3) is 0 Å². The van der Waals surface area contributed by atoms with E-state index in [4.69, 9.17) is 0 Å². The van der Waals surface area contributed by atoms with E-state index >= 15 is 0 Å². The van der Waals surface area contributed by atoms with E-state index in [0.29, 0.717) is 29.8 Å². The van der Waals surface area contributed by atoms with Gasteiger partial charge in [0.05, 0.1) is 13.1 Å². The maximum Gasteiger partial charge on any atom is 0.252 e. The molecule has 2 rings (SSSR count). The number of benzene rings is 1. The van der Waals surface area contributed by atoms with E-state index < -0.39 is 10.0 Å². The van der Waals surface area contributed by atoms with E-state index in [9.17, 15) is 12.8 Å². The number of nitrogens with zero attached hydrogens (tertiary/aromatic N) is 2. The highest BCUT2D eigenvalue weighted by atomic mass is 32.2. The molecule has 0 saturated heterocycles. The second-order valence-electron chi connectivity index (χ2n) is 5.69. The summed E-state index contributed by atoms with van der Waals surface area (Å²) in [6, 6.07) is 9.70. The quantitative estimate of drug-likeness (QED) is 0.555. The monoisotopic (exact) mass is 398 g/mol. The summed E-state index contributed by atoms with van der Waals surface area (Å²) < 4.78 is 39.0. The van der Waals surface area contributed by atoms with Crippen molar-refractivity contribution in [3.63, 3.8) is 0 Å². The molecule has 1 aromatic carbocycles. The second-order valence-corrected chi connectivity index (χ2v) is 9.23. The van der Waals surface area contributed by atoms with Crippen molar-refractivity contribution in [2.24, 2.45) is 4.99 Å². The van der Waals surface area contributed by atoms with Gasteiger partial charge < -0.3 is 10.6 Å². The van der Waals surface area contributed by atoms with Gasteiger partial charge in [0, 0.05) is 25.5 Å². The van der Waals surface area contributed by atoms with Crippen molar-refractivity contribution in [3.8, 4) is 0 Å². The number of halogens is 1. The van der Waals surface area contributed by atoms with Crippen LogP contribution in [0.4, 0.5) is 4.39 Å². The molecule has 142 valence electrons. The molecule has 0 amide bonds. The number of hydrogen-bond acceptors (Lipinski definition) is 4. The molecule has 0 aliphatic carbocycles. The minimum Gasteiger partial charge on any atom is -0.357 e. The van der Waals surface area contributed by atoms with Crippen molar-refractivity contribution in [2.45, 2.75) is 24.2 Å². The van der Waals surface area contributed by atoms with Crippen molar-refractivity contribution in [3.05, 3.63) is 52.7 Å². The largest absolute Gasteiger partial charge is 0.357 e. The van der Waals surface area contributed by atoms with Crippen LogP contribution in [-0.2, 0) is 23.1 Å². The smallest absolute Gasteiger partial charge is 0.252 e. The van der Waals surface area contributed by atoms with Crippen LogP contribution in [0.5, 0.6) is 0 Å². The minimum atomic E-state index is -3.41. The van der Waals surface area contributed by atoms with E-state index in [0.717, 1.165) is 10.4 Å². The zero-order valence-electron chi connectivity index (χ0n) is 15.0.